The molecule has 2 N–H and O–H groups in total. The zero-order valence-corrected chi connectivity index (χ0v) is 14.0. The van der Waals surface area contributed by atoms with Crippen molar-refractivity contribution < 1.29 is 13.6 Å². The number of carbonyl (C=O) groups excluding carboxylic acids is 1. The Bertz CT molecular complexity index is 1160. The number of halogens is 2. The van der Waals surface area contributed by atoms with Crippen molar-refractivity contribution in [1.82, 2.24) is 24.9 Å². The smallest absolute Gasteiger partial charge is 0.229 e. The van der Waals surface area contributed by atoms with Crippen molar-refractivity contribution in [1.29, 1.82) is 0 Å². The number of hydrogen-bond donors (Lipinski definition) is 2. The van der Waals surface area contributed by atoms with Gasteiger partial charge < -0.3 is 10.3 Å². The van der Waals surface area contributed by atoms with Gasteiger partial charge in [-0.3, -0.25) is 4.79 Å². The van der Waals surface area contributed by atoms with E-state index < -0.39 is 11.6 Å². The molecule has 0 aliphatic heterocycles. The van der Waals surface area contributed by atoms with Crippen LogP contribution < -0.4 is 5.32 Å². The number of fused-ring (bicyclic) bond motifs is 1. The van der Waals surface area contributed by atoms with Crippen LogP contribution in [0.5, 0.6) is 0 Å². The van der Waals surface area contributed by atoms with E-state index in [1.165, 1.54) is 12.3 Å². The lowest BCUT2D eigenvalue weighted by atomic mass is 10.1. The van der Waals surface area contributed by atoms with Gasteiger partial charge >= 0.3 is 0 Å². The number of anilines is 2. The van der Waals surface area contributed by atoms with Crippen LogP contribution in [0.3, 0.4) is 0 Å². The Morgan fingerprint density at radius 3 is 2.67 bits per heavy atom. The van der Waals surface area contributed by atoms with Crippen LogP contribution in [0.15, 0.2) is 36.7 Å². The molecule has 0 radical (unpaired) electrons. The van der Waals surface area contributed by atoms with E-state index in [0.29, 0.717) is 29.0 Å². The average Bonchev–Trinajstić information content (AvgIpc) is 3.05. The van der Waals surface area contributed by atoms with Crippen molar-refractivity contribution in [3.05, 3.63) is 59.7 Å². The van der Waals surface area contributed by atoms with Crippen LogP contribution in [0.1, 0.15) is 16.2 Å². The third-order valence-electron chi connectivity index (χ3n) is 3.84. The number of nitrogens with one attached hydrogen (secondary N) is 2. The van der Waals surface area contributed by atoms with E-state index in [2.05, 4.69) is 30.2 Å². The molecule has 134 valence electrons. The van der Waals surface area contributed by atoms with Gasteiger partial charge in [0.2, 0.25) is 5.95 Å². The number of rotatable bonds is 4. The van der Waals surface area contributed by atoms with Gasteiger partial charge in [-0.25, -0.2) is 28.7 Å². The van der Waals surface area contributed by atoms with Gasteiger partial charge in [-0.1, -0.05) is 0 Å². The first kappa shape index (κ1) is 16.7. The topological polar surface area (TPSA) is 96.5 Å². The standard InChI is InChI=1S/C18H12F2N6O/c1-9-23-14-5-11(4-12(19)17(14)24-9)16-13(20)7-22-18(26-16)25-15-3-2-10(8-27)6-21-15/h2-8H,1H3,(H,23,24)(H,21,22,25,26). The van der Waals surface area contributed by atoms with Crippen molar-refractivity contribution in [2.45, 2.75) is 6.92 Å². The number of hydrogen-bond acceptors (Lipinski definition) is 6. The van der Waals surface area contributed by atoms with E-state index in [0.717, 1.165) is 6.20 Å². The number of carbonyl (C=O) groups is 1. The van der Waals surface area contributed by atoms with E-state index in [1.807, 2.05) is 0 Å². The van der Waals surface area contributed by atoms with E-state index in [4.69, 9.17) is 0 Å². The lowest BCUT2D eigenvalue weighted by molar-refractivity contribution is 0.112. The molecule has 0 saturated carbocycles. The first-order chi connectivity index (χ1) is 13.0. The second-order valence-corrected chi connectivity index (χ2v) is 5.79. The number of H-pyrrole nitrogens is 1. The molecule has 0 fully saturated rings. The Kier molecular flexibility index (Phi) is 4.03. The van der Waals surface area contributed by atoms with Crippen molar-refractivity contribution in [3.8, 4) is 11.3 Å². The first-order valence-electron chi connectivity index (χ1n) is 7.90. The molecule has 0 aliphatic carbocycles. The summed E-state index contributed by atoms with van der Waals surface area (Å²) in [7, 11) is 0. The lowest BCUT2D eigenvalue weighted by Crippen LogP contribution is -2.02. The van der Waals surface area contributed by atoms with E-state index >= 15 is 0 Å². The molecule has 0 aliphatic rings. The monoisotopic (exact) mass is 366 g/mol. The highest BCUT2D eigenvalue weighted by molar-refractivity contribution is 5.82. The molecule has 9 heteroatoms. The Labute approximate surface area is 151 Å². The second kappa shape index (κ2) is 6.52. The van der Waals surface area contributed by atoms with E-state index in [9.17, 15) is 13.6 Å². The summed E-state index contributed by atoms with van der Waals surface area (Å²) in [5.74, 6) is -0.260. The van der Waals surface area contributed by atoms with Crippen LogP contribution in [-0.4, -0.2) is 31.2 Å². The maximum Gasteiger partial charge on any atom is 0.229 e. The van der Waals surface area contributed by atoms with Gasteiger partial charge in [0.05, 0.1) is 11.7 Å². The maximum atomic E-state index is 14.3. The van der Waals surface area contributed by atoms with Gasteiger partial charge in [0, 0.05) is 17.3 Å². The predicted octanol–water partition coefficient (Wildman–Crippen LogP) is 3.56. The molecule has 3 heterocycles. The molecule has 4 aromatic rings. The minimum Gasteiger partial charge on any atom is -0.342 e. The van der Waals surface area contributed by atoms with Crippen molar-refractivity contribution in [2.24, 2.45) is 0 Å². The van der Waals surface area contributed by atoms with Crippen LogP contribution in [-0.2, 0) is 0 Å². The van der Waals surface area contributed by atoms with Crippen LogP contribution in [0.2, 0.25) is 0 Å². The maximum absolute atomic E-state index is 14.3. The number of imidazole rings is 1. The highest BCUT2D eigenvalue weighted by Crippen LogP contribution is 2.27. The summed E-state index contributed by atoms with van der Waals surface area (Å²) in [5, 5.41) is 2.82. The van der Waals surface area contributed by atoms with Gasteiger partial charge in [-0.05, 0) is 31.2 Å². The molecule has 0 spiro atoms. The Hall–Kier alpha value is -3.75. The fraction of sp³-hybridized carbons (Fsp3) is 0.0556. The first-order valence-corrected chi connectivity index (χ1v) is 7.90. The molecule has 4 rings (SSSR count). The second-order valence-electron chi connectivity index (χ2n) is 5.79. The molecular formula is C18H12F2N6O. The highest BCUT2D eigenvalue weighted by atomic mass is 19.1. The van der Waals surface area contributed by atoms with Gasteiger partial charge in [-0.2, -0.15) is 0 Å². The number of aryl methyl sites for hydroxylation is 1. The lowest BCUT2D eigenvalue weighted by Gasteiger charge is -2.08. The molecule has 0 amide bonds. The molecular weight excluding hydrogens is 354 g/mol. The number of benzene rings is 1. The van der Waals surface area contributed by atoms with E-state index in [1.54, 1.807) is 25.1 Å². The zero-order valence-electron chi connectivity index (χ0n) is 14.0. The summed E-state index contributed by atoms with van der Waals surface area (Å²) in [5.41, 5.74) is 1.23. The number of nitrogens with zero attached hydrogens (tertiary/aromatic N) is 4. The van der Waals surface area contributed by atoms with Gasteiger partial charge in [-0.15, -0.1) is 0 Å². The Morgan fingerprint density at radius 2 is 1.93 bits per heavy atom. The van der Waals surface area contributed by atoms with Crippen LogP contribution in [0, 0.1) is 18.6 Å². The normalized spacial score (nSPS) is 10.9. The summed E-state index contributed by atoms with van der Waals surface area (Å²) in [6.07, 6.45) is 3.04. The third kappa shape index (κ3) is 3.22. The summed E-state index contributed by atoms with van der Waals surface area (Å²) >= 11 is 0. The number of aldehydes is 1. The van der Waals surface area contributed by atoms with Crippen LogP contribution >= 0.6 is 0 Å². The van der Waals surface area contributed by atoms with Crippen molar-refractivity contribution in [3.63, 3.8) is 0 Å². The summed E-state index contributed by atoms with van der Waals surface area (Å²) in [6.45, 7) is 1.70. The molecule has 0 unspecified atom stereocenters. The molecule has 0 atom stereocenters. The third-order valence-corrected chi connectivity index (χ3v) is 3.84. The fourth-order valence-electron chi connectivity index (χ4n) is 2.63. The Balaban J connectivity index is 1.72. The average molecular weight is 366 g/mol. The highest BCUT2D eigenvalue weighted by Gasteiger charge is 2.15. The van der Waals surface area contributed by atoms with E-state index in [-0.39, 0.29) is 22.7 Å². The molecule has 3 aromatic heterocycles. The summed E-state index contributed by atoms with van der Waals surface area (Å²) in [6, 6.07) is 5.88. The fourth-order valence-corrected chi connectivity index (χ4v) is 2.63. The van der Waals surface area contributed by atoms with Crippen molar-refractivity contribution >= 4 is 29.1 Å². The summed E-state index contributed by atoms with van der Waals surface area (Å²) in [4.78, 5) is 29.7. The van der Waals surface area contributed by atoms with Gasteiger partial charge in [0.1, 0.15) is 22.9 Å². The van der Waals surface area contributed by atoms with Crippen LogP contribution in [0.4, 0.5) is 20.5 Å². The van der Waals surface area contributed by atoms with Crippen LogP contribution in [0.25, 0.3) is 22.3 Å². The van der Waals surface area contributed by atoms with Gasteiger partial charge in [0.15, 0.2) is 17.9 Å². The quantitative estimate of drug-likeness (QED) is 0.536. The molecule has 1 aromatic carbocycles. The SMILES string of the molecule is Cc1nc2c(F)cc(-c3nc(Nc4ccc(C=O)cn4)ncc3F)cc2[nH]1. The minimum absolute atomic E-state index is 0.0648. The molecule has 7 nitrogen and oxygen atoms in total. The number of pyridine rings is 1. The number of aromatic amines is 1. The van der Waals surface area contributed by atoms with Crippen molar-refractivity contribution in [2.75, 3.05) is 5.32 Å². The predicted molar refractivity (Wildman–Crippen MR) is 94.7 cm³/mol. The molecule has 0 saturated heterocycles. The molecule has 27 heavy (non-hydrogen) atoms. The molecule has 0 bridgehead atoms. The van der Waals surface area contributed by atoms with Gasteiger partial charge in [0.25, 0.3) is 0 Å². The number of aromatic nitrogens is 5. The largest absolute Gasteiger partial charge is 0.342 e. The zero-order chi connectivity index (χ0) is 19.0. The Morgan fingerprint density at radius 1 is 1.07 bits per heavy atom. The summed E-state index contributed by atoms with van der Waals surface area (Å²) < 4.78 is 28.6. The minimum atomic E-state index is -0.695.